The molecule has 1 saturated heterocycles. The molecule has 0 aromatic rings. The van der Waals surface area contributed by atoms with E-state index < -0.39 is 0 Å². The zero-order valence-electron chi connectivity index (χ0n) is 12.1. The highest BCUT2D eigenvalue weighted by Gasteiger charge is 2.25. The third-order valence-electron chi connectivity index (χ3n) is 3.69. The molecular weight excluding hydrogens is 208 g/mol. The first-order chi connectivity index (χ1) is 8.15. The number of piperidine rings is 1. The highest BCUT2D eigenvalue weighted by Crippen LogP contribution is 2.19. The molecule has 2 heteroatoms. The van der Waals surface area contributed by atoms with Crippen LogP contribution in [-0.2, 0) is 0 Å². The van der Waals surface area contributed by atoms with Crippen LogP contribution >= 0.6 is 0 Å². The van der Waals surface area contributed by atoms with Crippen molar-refractivity contribution in [3.8, 4) is 0 Å². The number of rotatable bonds is 6. The molecule has 0 bridgehead atoms. The van der Waals surface area contributed by atoms with Crippen molar-refractivity contribution in [2.75, 3.05) is 19.6 Å². The Morgan fingerprint density at radius 2 is 2.18 bits per heavy atom. The Kier molecular flexibility index (Phi) is 6.83. The van der Waals surface area contributed by atoms with Crippen LogP contribution in [0, 0.1) is 0 Å². The van der Waals surface area contributed by atoms with Crippen molar-refractivity contribution < 1.29 is 0 Å². The fourth-order valence-electron chi connectivity index (χ4n) is 2.62. The second kappa shape index (κ2) is 7.88. The Hall–Kier alpha value is -0.340. The topological polar surface area (TPSA) is 15.3 Å². The highest BCUT2D eigenvalue weighted by atomic mass is 15.2. The maximum absolute atomic E-state index is 3.66. The first-order valence-electron chi connectivity index (χ1n) is 7.26. The number of nitrogens with zero attached hydrogens (tertiary/aromatic N) is 1. The molecule has 1 fully saturated rings. The number of allylic oxidation sites excluding steroid dienone is 1. The summed E-state index contributed by atoms with van der Waals surface area (Å²) in [4.78, 5) is 2.66. The fourth-order valence-corrected chi connectivity index (χ4v) is 2.62. The van der Waals surface area contributed by atoms with Gasteiger partial charge < -0.3 is 5.32 Å². The van der Waals surface area contributed by atoms with Crippen LogP contribution in [0.3, 0.4) is 0 Å². The third kappa shape index (κ3) is 5.22. The molecule has 2 nitrogen and oxygen atoms in total. The van der Waals surface area contributed by atoms with Crippen molar-refractivity contribution in [2.45, 2.75) is 65.5 Å². The lowest BCUT2D eigenvalue weighted by molar-refractivity contribution is 0.133. The molecule has 0 aromatic carbocycles. The maximum atomic E-state index is 3.66. The highest BCUT2D eigenvalue weighted by molar-refractivity contribution is 4.97. The Bertz CT molecular complexity index is 231. The predicted octanol–water partition coefficient (Wildman–Crippen LogP) is 3.20. The van der Waals surface area contributed by atoms with Crippen molar-refractivity contribution in [1.82, 2.24) is 10.2 Å². The zero-order valence-corrected chi connectivity index (χ0v) is 12.1. The lowest BCUT2D eigenvalue weighted by atomic mass is 9.96. The fraction of sp³-hybridized carbons (Fsp3) is 0.867. The summed E-state index contributed by atoms with van der Waals surface area (Å²) >= 11 is 0. The van der Waals surface area contributed by atoms with Crippen LogP contribution < -0.4 is 5.32 Å². The van der Waals surface area contributed by atoms with E-state index in [1.807, 2.05) is 0 Å². The third-order valence-corrected chi connectivity index (χ3v) is 3.69. The van der Waals surface area contributed by atoms with Gasteiger partial charge in [0.05, 0.1) is 0 Å². The van der Waals surface area contributed by atoms with Crippen molar-refractivity contribution >= 4 is 0 Å². The molecule has 17 heavy (non-hydrogen) atoms. The van der Waals surface area contributed by atoms with Crippen molar-refractivity contribution in [2.24, 2.45) is 0 Å². The van der Waals surface area contributed by atoms with Crippen LogP contribution in [0.4, 0.5) is 0 Å². The van der Waals surface area contributed by atoms with Gasteiger partial charge in [0.2, 0.25) is 0 Å². The van der Waals surface area contributed by atoms with Gasteiger partial charge >= 0.3 is 0 Å². The summed E-state index contributed by atoms with van der Waals surface area (Å²) in [7, 11) is 0. The van der Waals surface area contributed by atoms with Crippen LogP contribution in [0.15, 0.2) is 11.6 Å². The first-order valence-corrected chi connectivity index (χ1v) is 7.26. The summed E-state index contributed by atoms with van der Waals surface area (Å²) in [5, 5.41) is 3.66. The van der Waals surface area contributed by atoms with E-state index in [1.165, 1.54) is 37.8 Å². The van der Waals surface area contributed by atoms with Gasteiger partial charge in [-0.2, -0.15) is 0 Å². The monoisotopic (exact) mass is 238 g/mol. The number of nitrogens with one attached hydrogen (secondary N) is 1. The first kappa shape index (κ1) is 14.7. The Morgan fingerprint density at radius 3 is 2.82 bits per heavy atom. The molecule has 1 heterocycles. The van der Waals surface area contributed by atoms with E-state index in [2.05, 4.69) is 44.0 Å². The maximum Gasteiger partial charge on any atom is 0.0249 e. The molecule has 1 aliphatic heterocycles. The van der Waals surface area contributed by atoms with Gasteiger partial charge in [-0.25, -0.2) is 0 Å². The van der Waals surface area contributed by atoms with E-state index in [9.17, 15) is 0 Å². The summed E-state index contributed by atoms with van der Waals surface area (Å²) in [6.07, 6.45) is 7.71. The molecular formula is C15H30N2. The van der Waals surface area contributed by atoms with Gasteiger partial charge in [0.25, 0.3) is 0 Å². The second-order valence-corrected chi connectivity index (χ2v) is 5.58. The Balaban J connectivity index is 2.49. The Labute approximate surface area is 107 Å². The summed E-state index contributed by atoms with van der Waals surface area (Å²) in [6.45, 7) is 12.5. The minimum absolute atomic E-state index is 0.626. The zero-order chi connectivity index (χ0) is 12.7. The number of likely N-dealkylation sites (tertiary alicyclic amines) is 1. The lowest BCUT2D eigenvalue weighted by Gasteiger charge is -2.39. The average Bonchev–Trinajstić information content (AvgIpc) is 2.33. The van der Waals surface area contributed by atoms with Crippen LogP contribution in [0.2, 0.25) is 0 Å². The largest absolute Gasteiger partial charge is 0.313 e. The SMILES string of the molecule is CCCNC(C)C1CCCCN1CC=C(C)C. The normalized spacial score (nSPS) is 23.4. The molecule has 0 aromatic heterocycles. The Morgan fingerprint density at radius 1 is 1.41 bits per heavy atom. The molecule has 1 rings (SSSR count). The van der Waals surface area contributed by atoms with Gasteiger partial charge in [-0.1, -0.05) is 25.0 Å². The van der Waals surface area contributed by atoms with Gasteiger partial charge in [-0.3, -0.25) is 4.90 Å². The number of hydrogen-bond donors (Lipinski definition) is 1. The van der Waals surface area contributed by atoms with Gasteiger partial charge in [0.1, 0.15) is 0 Å². The molecule has 100 valence electrons. The van der Waals surface area contributed by atoms with E-state index in [0.29, 0.717) is 6.04 Å². The van der Waals surface area contributed by atoms with Crippen LogP contribution in [0.25, 0.3) is 0 Å². The van der Waals surface area contributed by atoms with Crippen molar-refractivity contribution in [3.05, 3.63) is 11.6 Å². The molecule has 1 N–H and O–H groups in total. The smallest absolute Gasteiger partial charge is 0.0249 e. The van der Waals surface area contributed by atoms with Gasteiger partial charge in [-0.05, 0) is 53.1 Å². The van der Waals surface area contributed by atoms with Crippen molar-refractivity contribution in [3.63, 3.8) is 0 Å². The molecule has 0 radical (unpaired) electrons. The van der Waals surface area contributed by atoms with Crippen LogP contribution in [0.1, 0.15) is 53.4 Å². The summed E-state index contributed by atoms with van der Waals surface area (Å²) in [5.41, 5.74) is 1.43. The van der Waals surface area contributed by atoms with Crippen LogP contribution in [0.5, 0.6) is 0 Å². The molecule has 0 amide bonds. The van der Waals surface area contributed by atoms with Gasteiger partial charge in [0, 0.05) is 18.6 Å². The van der Waals surface area contributed by atoms with Crippen molar-refractivity contribution in [1.29, 1.82) is 0 Å². The minimum Gasteiger partial charge on any atom is -0.313 e. The molecule has 0 saturated carbocycles. The molecule has 0 spiro atoms. The summed E-state index contributed by atoms with van der Waals surface area (Å²) < 4.78 is 0. The average molecular weight is 238 g/mol. The van der Waals surface area contributed by atoms with Gasteiger partial charge in [0.15, 0.2) is 0 Å². The van der Waals surface area contributed by atoms with E-state index in [1.54, 1.807) is 0 Å². The van der Waals surface area contributed by atoms with E-state index in [4.69, 9.17) is 0 Å². The molecule has 2 atom stereocenters. The standard InChI is InChI=1S/C15H30N2/c1-5-10-16-14(4)15-8-6-7-11-17(15)12-9-13(2)3/h9,14-16H,5-8,10-12H2,1-4H3. The second-order valence-electron chi connectivity index (χ2n) is 5.58. The van der Waals surface area contributed by atoms with E-state index >= 15 is 0 Å². The summed E-state index contributed by atoms with van der Waals surface area (Å²) in [5.74, 6) is 0. The predicted molar refractivity (Wildman–Crippen MR) is 76.4 cm³/mol. The lowest BCUT2D eigenvalue weighted by Crippen LogP contribution is -2.51. The van der Waals surface area contributed by atoms with E-state index in [0.717, 1.165) is 19.1 Å². The molecule has 0 aliphatic carbocycles. The van der Waals surface area contributed by atoms with E-state index in [-0.39, 0.29) is 0 Å². The van der Waals surface area contributed by atoms with Gasteiger partial charge in [-0.15, -0.1) is 0 Å². The number of hydrogen-bond acceptors (Lipinski definition) is 2. The quantitative estimate of drug-likeness (QED) is 0.715. The van der Waals surface area contributed by atoms with Crippen LogP contribution in [-0.4, -0.2) is 36.6 Å². The minimum atomic E-state index is 0.626. The summed E-state index contributed by atoms with van der Waals surface area (Å²) in [6, 6.07) is 1.35. The molecule has 2 unspecified atom stereocenters. The molecule has 1 aliphatic rings.